The van der Waals surface area contributed by atoms with Crippen molar-refractivity contribution in [2.45, 2.75) is 56.8 Å². The number of carboxylic acid groups (broad SMARTS) is 2. The molecule has 9 nitrogen and oxygen atoms in total. The summed E-state index contributed by atoms with van der Waals surface area (Å²) >= 11 is 3.37. The van der Waals surface area contributed by atoms with Crippen LogP contribution in [-0.2, 0) is 17.8 Å². The zero-order valence-corrected chi connectivity index (χ0v) is 26.7. The lowest BCUT2D eigenvalue weighted by Crippen LogP contribution is -2.65. The van der Waals surface area contributed by atoms with Crippen LogP contribution in [0.2, 0.25) is 0 Å². The van der Waals surface area contributed by atoms with Gasteiger partial charge in [0.15, 0.2) is 0 Å². The SMILES string of the molecule is O=C(O)N1C[C@H]2CC(c3ccc(CCCOc4cc(F)ccc4Br)cc3)=C(C(=O)N(Cc3ccccc3)C3CC3)[C@@H](C1)N2C(=O)O. The number of carbonyl (C=O) groups excluding carboxylic acids is 1. The molecular formula is C35H35BrFN3O6. The van der Waals surface area contributed by atoms with E-state index >= 15 is 0 Å². The second kappa shape index (κ2) is 13.5. The average Bonchev–Trinajstić information content (AvgIpc) is 3.89. The van der Waals surface area contributed by atoms with Gasteiger partial charge in [-0.15, -0.1) is 0 Å². The predicted octanol–water partition coefficient (Wildman–Crippen LogP) is 6.66. The predicted molar refractivity (Wildman–Crippen MR) is 173 cm³/mol. The van der Waals surface area contributed by atoms with Crippen LogP contribution in [0.15, 0.2) is 82.8 Å². The molecule has 3 amide bonds. The van der Waals surface area contributed by atoms with Gasteiger partial charge in [-0.05, 0) is 82.4 Å². The number of nitrogens with zero attached hydrogens (tertiary/aromatic N) is 3. The van der Waals surface area contributed by atoms with Gasteiger partial charge in [0.05, 0.1) is 23.2 Å². The zero-order valence-electron chi connectivity index (χ0n) is 25.1. The second-order valence-electron chi connectivity index (χ2n) is 12.0. The average molecular weight is 693 g/mol. The quantitative estimate of drug-likeness (QED) is 0.230. The summed E-state index contributed by atoms with van der Waals surface area (Å²) in [7, 11) is 0. The van der Waals surface area contributed by atoms with Crippen molar-refractivity contribution in [2.24, 2.45) is 0 Å². The maximum Gasteiger partial charge on any atom is 0.408 e. The molecule has 2 N–H and O–H groups in total. The fourth-order valence-corrected chi connectivity index (χ4v) is 6.87. The van der Waals surface area contributed by atoms with E-state index in [0.717, 1.165) is 41.5 Å². The van der Waals surface area contributed by atoms with E-state index < -0.39 is 24.3 Å². The van der Waals surface area contributed by atoms with Crippen LogP contribution in [0.1, 0.15) is 42.4 Å². The Bertz CT molecular complexity index is 1650. The molecule has 2 heterocycles. The first-order valence-electron chi connectivity index (χ1n) is 15.4. The lowest BCUT2D eigenvalue weighted by atomic mass is 9.81. The highest BCUT2D eigenvalue weighted by atomic mass is 79.9. The first kappa shape index (κ1) is 31.6. The van der Waals surface area contributed by atoms with E-state index in [9.17, 15) is 29.0 Å². The summed E-state index contributed by atoms with van der Waals surface area (Å²) in [6, 6.07) is 20.4. The van der Waals surface area contributed by atoms with Crippen molar-refractivity contribution in [3.05, 3.63) is 105 Å². The van der Waals surface area contributed by atoms with Crippen LogP contribution in [-0.4, -0.2) is 80.8 Å². The molecule has 1 aliphatic carbocycles. The molecule has 46 heavy (non-hydrogen) atoms. The zero-order chi connectivity index (χ0) is 32.4. The maximum atomic E-state index is 14.6. The van der Waals surface area contributed by atoms with Crippen LogP contribution in [0.5, 0.6) is 5.75 Å². The smallest absolute Gasteiger partial charge is 0.408 e. The summed E-state index contributed by atoms with van der Waals surface area (Å²) in [4.78, 5) is 43.5. The lowest BCUT2D eigenvalue weighted by Gasteiger charge is -2.49. The first-order valence-corrected chi connectivity index (χ1v) is 16.2. The molecular weight excluding hydrogens is 657 g/mol. The minimum atomic E-state index is -1.16. The summed E-state index contributed by atoms with van der Waals surface area (Å²) in [5.74, 6) is -0.157. The molecule has 2 aliphatic heterocycles. The number of aryl methyl sites for hydroxylation is 1. The van der Waals surface area contributed by atoms with E-state index in [-0.39, 0.29) is 37.3 Å². The molecule has 6 rings (SSSR count). The van der Waals surface area contributed by atoms with Crippen molar-refractivity contribution < 1.29 is 33.7 Å². The van der Waals surface area contributed by atoms with E-state index in [1.54, 1.807) is 6.07 Å². The van der Waals surface area contributed by atoms with E-state index in [1.165, 1.54) is 21.9 Å². The number of amides is 3. The van der Waals surface area contributed by atoms with Gasteiger partial charge in [0.25, 0.3) is 5.91 Å². The van der Waals surface area contributed by atoms with Gasteiger partial charge < -0.3 is 24.7 Å². The molecule has 240 valence electrons. The second-order valence-corrected chi connectivity index (χ2v) is 12.9. The molecule has 0 unspecified atom stereocenters. The highest BCUT2D eigenvalue weighted by Crippen LogP contribution is 2.41. The number of fused-ring (bicyclic) bond motifs is 2. The Morgan fingerprint density at radius 3 is 2.35 bits per heavy atom. The molecule has 2 fully saturated rings. The highest BCUT2D eigenvalue weighted by Gasteiger charge is 2.49. The van der Waals surface area contributed by atoms with Gasteiger partial charge in [-0.1, -0.05) is 54.6 Å². The molecule has 2 atom stereocenters. The van der Waals surface area contributed by atoms with E-state index in [0.29, 0.717) is 35.4 Å². The van der Waals surface area contributed by atoms with Crippen LogP contribution < -0.4 is 4.74 Å². The number of halogens is 2. The molecule has 0 radical (unpaired) electrons. The summed E-state index contributed by atoms with van der Waals surface area (Å²) in [6.45, 7) is 0.728. The Labute approximate surface area is 275 Å². The van der Waals surface area contributed by atoms with Gasteiger partial charge in [0, 0.05) is 37.3 Å². The number of benzene rings is 3. The fraction of sp³-hybridized carbons (Fsp3) is 0.343. The monoisotopic (exact) mass is 691 g/mol. The summed E-state index contributed by atoms with van der Waals surface area (Å²) in [6.07, 6.45) is 1.10. The first-order chi connectivity index (χ1) is 22.2. The summed E-state index contributed by atoms with van der Waals surface area (Å²) in [5, 5.41) is 20.1. The van der Waals surface area contributed by atoms with Gasteiger partial charge >= 0.3 is 12.2 Å². The number of hydrogen-bond donors (Lipinski definition) is 2. The van der Waals surface area contributed by atoms with E-state index in [1.807, 2.05) is 59.5 Å². The summed E-state index contributed by atoms with van der Waals surface area (Å²) in [5.41, 5.74) is 3.98. The Balaban J connectivity index is 1.28. The Morgan fingerprint density at radius 1 is 0.935 bits per heavy atom. The minimum Gasteiger partial charge on any atom is -0.492 e. The van der Waals surface area contributed by atoms with Crippen LogP contribution in [0.25, 0.3) is 5.57 Å². The van der Waals surface area contributed by atoms with Gasteiger partial charge in [-0.3, -0.25) is 9.69 Å². The topological polar surface area (TPSA) is 111 Å². The van der Waals surface area contributed by atoms with Crippen LogP contribution >= 0.6 is 15.9 Å². The van der Waals surface area contributed by atoms with Gasteiger partial charge in [0.2, 0.25) is 0 Å². The molecule has 2 bridgehead atoms. The van der Waals surface area contributed by atoms with Crippen molar-refractivity contribution in [1.82, 2.24) is 14.7 Å². The molecule has 1 saturated carbocycles. The Hall–Kier alpha value is -4.38. The van der Waals surface area contributed by atoms with Crippen molar-refractivity contribution in [3.63, 3.8) is 0 Å². The number of rotatable bonds is 10. The number of ether oxygens (including phenoxy) is 1. The standard InChI is InChI=1S/C35H35BrFN3O6/c36-29-15-12-25(37)17-31(29)46-16-4-7-22-8-10-24(11-9-22)28-18-27-20-38(34(42)43)21-30(40(27)35(44)45)32(28)33(41)39(26-13-14-26)19-23-5-2-1-3-6-23/h1-3,5-6,8-12,15,17,26-27,30H,4,7,13-14,16,18-21H2,(H,42,43)(H,44,45)/t27-,30-/m1/s1. The number of carbonyl (C=O) groups is 3. The third-order valence-corrected chi connectivity index (χ3v) is 9.54. The van der Waals surface area contributed by atoms with Gasteiger partial charge in [-0.25, -0.2) is 14.0 Å². The third-order valence-electron chi connectivity index (χ3n) is 8.88. The summed E-state index contributed by atoms with van der Waals surface area (Å²) < 4.78 is 20.0. The number of hydrogen-bond acceptors (Lipinski definition) is 4. The minimum absolute atomic E-state index is 0.0406. The Kier molecular flexibility index (Phi) is 9.30. The van der Waals surface area contributed by atoms with Gasteiger partial charge in [0.1, 0.15) is 11.6 Å². The molecule has 0 spiro atoms. The normalized spacial score (nSPS) is 19.2. The van der Waals surface area contributed by atoms with Crippen LogP contribution in [0, 0.1) is 5.82 Å². The van der Waals surface area contributed by atoms with Crippen molar-refractivity contribution >= 4 is 39.6 Å². The Morgan fingerprint density at radius 2 is 1.67 bits per heavy atom. The van der Waals surface area contributed by atoms with Crippen molar-refractivity contribution in [3.8, 4) is 5.75 Å². The molecule has 1 saturated heterocycles. The highest BCUT2D eigenvalue weighted by molar-refractivity contribution is 9.10. The molecule has 3 aromatic carbocycles. The van der Waals surface area contributed by atoms with Gasteiger partial charge in [-0.2, -0.15) is 0 Å². The maximum absolute atomic E-state index is 14.6. The molecule has 0 aromatic heterocycles. The van der Waals surface area contributed by atoms with Crippen molar-refractivity contribution in [2.75, 3.05) is 19.7 Å². The lowest BCUT2D eigenvalue weighted by molar-refractivity contribution is -0.129. The van der Waals surface area contributed by atoms with E-state index in [2.05, 4.69) is 15.9 Å². The van der Waals surface area contributed by atoms with Crippen molar-refractivity contribution in [1.29, 1.82) is 0 Å². The van der Waals surface area contributed by atoms with Crippen LogP contribution in [0.4, 0.5) is 14.0 Å². The third kappa shape index (κ3) is 6.89. The molecule has 3 aromatic rings. The molecule has 3 aliphatic rings. The largest absolute Gasteiger partial charge is 0.492 e. The van der Waals surface area contributed by atoms with E-state index in [4.69, 9.17) is 4.74 Å². The molecule has 11 heteroatoms. The fourth-order valence-electron chi connectivity index (χ4n) is 6.51. The number of piperazine rings is 1. The van der Waals surface area contributed by atoms with Crippen LogP contribution in [0.3, 0.4) is 0 Å².